The van der Waals surface area contributed by atoms with Crippen LogP contribution in [0.4, 0.5) is 0 Å². The van der Waals surface area contributed by atoms with E-state index >= 15 is 0 Å². The Bertz CT molecular complexity index is 1290. The highest BCUT2D eigenvalue weighted by molar-refractivity contribution is 9.10. The number of rotatable bonds is 4. The molecule has 2 aromatic carbocycles. The van der Waals surface area contributed by atoms with E-state index < -0.39 is 17.3 Å². The second kappa shape index (κ2) is 7.05. The molecule has 2 heterocycles. The second-order valence-corrected chi connectivity index (χ2v) is 6.99. The van der Waals surface area contributed by atoms with Crippen LogP contribution in [0.5, 0.6) is 0 Å². The Labute approximate surface area is 167 Å². The lowest BCUT2D eigenvalue weighted by molar-refractivity contribution is 0.0946. The molecule has 8 heteroatoms. The summed E-state index contributed by atoms with van der Waals surface area (Å²) in [6, 6.07) is 17.2. The van der Waals surface area contributed by atoms with Gasteiger partial charge in [-0.05, 0) is 21.5 Å². The van der Waals surface area contributed by atoms with Crippen LogP contribution in [0.3, 0.4) is 0 Å². The Morgan fingerprint density at radius 3 is 2.29 bits per heavy atom. The molecule has 0 aliphatic carbocycles. The van der Waals surface area contributed by atoms with Gasteiger partial charge < -0.3 is 0 Å². The molecule has 1 atom stereocenters. The van der Waals surface area contributed by atoms with Crippen LogP contribution in [0.2, 0.25) is 0 Å². The summed E-state index contributed by atoms with van der Waals surface area (Å²) in [5, 5.41) is 0. The third-order valence-electron chi connectivity index (χ3n) is 4.59. The second-order valence-electron chi connectivity index (χ2n) is 6.28. The third kappa shape index (κ3) is 2.91. The van der Waals surface area contributed by atoms with E-state index in [1.54, 1.807) is 24.3 Å². The van der Waals surface area contributed by atoms with Crippen molar-refractivity contribution in [2.75, 3.05) is 0 Å². The van der Waals surface area contributed by atoms with Crippen molar-refractivity contribution in [2.45, 2.75) is 6.04 Å². The van der Waals surface area contributed by atoms with Gasteiger partial charge in [0.25, 0.3) is 5.56 Å². The molecular weight excluding hydrogens is 424 g/mol. The number of fused-ring (bicyclic) bond motifs is 1. The standard InChI is InChI=1S/C20H15BrN4O3/c1-24-17-15(18(27)23-20(24)28)25(19(21)22-17)14(12-8-4-2-5-9-12)16(26)13-10-6-3-7-11-13/h2-11,14H,1H3,(H,23,27,28)/t14-/m0/s1. The van der Waals surface area contributed by atoms with Crippen LogP contribution in [-0.4, -0.2) is 24.9 Å². The van der Waals surface area contributed by atoms with Gasteiger partial charge in [0.05, 0.1) is 0 Å². The number of Topliss-reactive ketones (excluding diaryl/α,β-unsaturated/α-hetero) is 1. The summed E-state index contributed by atoms with van der Waals surface area (Å²) < 4.78 is 3.05. The summed E-state index contributed by atoms with van der Waals surface area (Å²) >= 11 is 3.37. The van der Waals surface area contributed by atoms with Crippen molar-refractivity contribution in [3.63, 3.8) is 0 Å². The maximum absolute atomic E-state index is 13.5. The van der Waals surface area contributed by atoms with Crippen LogP contribution >= 0.6 is 15.9 Å². The van der Waals surface area contributed by atoms with Crippen molar-refractivity contribution < 1.29 is 4.79 Å². The Morgan fingerprint density at radius 2 is 1.64 bits per heavy atom. The summed E-state index contributed by atoms with van der Waals surface area (Å²) in [6.07, 6.45) is 0. The fourth-order valence-electron chi connectivity index (χ4n) is 3.22. The lowest BCUT2D eigenvalue weighted by Gasteiger charge is -2.20. The van der Waals surface area contributed by atoms with E-state index in [0.29, 0.717) is 11.1 Å². The largest absolute Gasteiger partial charge is 0.329 e. The number of aromatic nitrogens is 4. The number of hydrogen-bond donors (Lipinski definition) is 1. The summed E-state index contributed by atoms with van der Waals surface area (Å²) in [6.45, 7) is 0. The average molecular weight is 439 g/mol. The van der Waals surface area contributed by atoms with Gasteiger partial charge in [-0.15, -0.1) is 0 Å². The predicted octanol–water partition coefficient (Wildman–Crippen LogP) is 2.66. The smallest absolute Gasteiger partial charge is 0.297 e. The minimum absolute atomic E-state index is 0.145. The van der Waals surface area contributed by atoms with Gasteiger partial charge >= 0.3 is 5.69 Å². The van der Waals surface area contributed by atoms with Gasteiger partial charge in [-0.25, -0.2) is 9.78 Å². The first-order valence-electron chi connectivity index (χ1n) is 8.50. The van der Waals surface area contributed by atoms with Crippen LogP contribution in [0, 0.1) is 0 Å². The molecule has 2 aromatic heterocycles. The van der Waals surface area contributed by atoms with Gasteiger partial charge in [0.1, 0.15) is 6.04 Å². The lowest BCUT2D eigenvalue weighted by Crippen LogP contribution is -2.31. The van der Waals surface area contributed by atoms with E-state index in [2.05, 4.69) is 25.9 Å². The monoisotopic (exact) mass is 438 g/mol. The van der Waals surface area contributed by atoms with Gasteiger partial charge in [0.15, 0.2) is 21.7 Å². The lowest BCUT2D eigenvalue weighted by atomic mass is 9.97. The zero-order chi connectivity index (χ0) is 19.8. The molecule has 4 aromatic rings. The molecular formula is C20H15BrN4O3. The first-order valence-corrected chi connectivity index (χ1v) is 9.29. The van der Waals surface area contributed by atoms with Gasteiger partial charge in [-0.2, -0.15) is 0 Å². The van der Waals surface area contributed by atoms with Crippen molar-refractivity contribution >= 4 is 32.9 Å². The van der Waals surface area contributed by atoms with Crippen LogP contribution in [0.15, 0.2) is 75.0 Å². The van der Waals surface area contributed by atoms with Crippen LogP contribution in [0.25, 0.3) is 11.2 Å². The van der Waals surface area contributed by atoms with E-state index in [1.165, 1.54) is 16.2 Å². The number of imidazole rings is 1. The zero-order valence-corrected chi connectivity index (χ0v) is 16.4. The van der Waals surface area contributed by atoms with E-state index in [0.717, 1.165) is 0 Å². The quantitative estimate of drug-likeness (QED) is 0.391. The number of carbonyl (C=O) groups is 1. The number of nitrogens with one attached hydrogen (secondary N) is 1. The van der Waals surface area contributed by atoms with Crippen LogP contribution in [-0.2, 0) is 7.05 Å². The molecule has 0 saturated carbocycles. The molecule has 0 unspecified atom stereocenters. The van der Waals surface area contributed by atoms with Gasteiger partial charge in [-0.1, -0.05) is 60.7 Å². The highest BCUT2D eigenvalue weighted by atomic mass is 79.9. The zero-order valence-electron chi connectivity index (χ0n) is 14.8. The fourth-order valence-corrected chi connectivity index (χ4v) is 3.77. The van der Waals surface area contributed by atoms with Crippen molar-refractivity contribution in [1.29, 1.82) is 0 Å². The normalized spacial score (nSPS) is 12.2. The number of nitrogens with zero attached hydrogens (tertiary/aromatic N) is 3. The Balaban J connectivity index is 2.05. The topological polar surface area (TPSA) is 89.8 Å². The summed E-state index contributed by atoms with van der Waals surface area (Å²) in [4.78, 5) is 44.6. The molecule has 0 aliphatic rings. The van der Waals surface area contributed by atoms with Crippen molar-refractivity contribution in [3.8, 4) is 0 Å². The maximum Gasteiger partial charge on any atom is 0.329 e. The summed E-state index contributed by atoms with van der Waals surface area (Å²) in [7, 11) is 1.51. The Morgan fingerprint density at radius 1 is 1.04 bits per heavy atom. The molecule has 0 amide bonds. The molecule has 140 valence electrons. The summed E-state index contributed by atoms with van der Waals surface area (Å²) in [5.74, 6) is -0.194. The molecule has 28 heavy (non-hydrogen) atoms. The molecule has 0 radical (unpaired) electrons. The van der Waals surface area contributed by atoms with E-state index in [4.69, 9.17) is 0 Å². The van der Waals surface area contributed by atoms with Gasteiger partial charge in [0.2, 0.25) is 0 Å². The number of benzene rings is 2. The summed E-state index contributed by atoms with van der Waals surface area (Å²) in [5.41, 5.74) is 0.379. The SMILES string of the molecule is Cn1c(=O)[nH]c(=O)c2c1nc(Br)n2[C@H](C(=O)c1ccccc1)c1ccccc1. The number of carbonyl (C=O) groups excluding carboxylic acids is 1. The first kappa shape index (κ1) is 18.1. The van der Waals surface area contributed by atoms with Gasteiger partial charge in [0, 0.05) is 12.6 Å². The molecule has 0 bridgehead atoms. The molecule has 1 N–H and O–H groups in total. The molecule has 0 saturated heterocycles. The molecule has 4 rings (SSSR count). The van der Waals surface area contributed by atoms with Crippen molar-refractivity contribution in [3.05, 3.63) is 97.4 Å². The fraction of sp³-hybridized carbons (Fsp3) is 0.100. The molecule has 0 fully saturated rings. The predicted molar refractivity (Wildman–Crippen MR) is 109 cm³/mol. The number of H-pyrrole nitrogens is 1. The number of hydrogen-bond acceptors (Lipinski definition) is 4. The maximum atomic E-state index is 13.5. The minimum atomic E-state index is -0.832. The average Bonchev–Trinajstić information content (AvgIpc) is 3.05. The van der Waals surface area contributed by atoms with Crippen molar-refractivity contribution in [1.82, 2.24) is 19.1 Å². The number of halogens is 1. The van der Waals surface area contributed by atoms with Gasteiger partial charge in [-0.3, -0.25) is 23.7 Å². The number of aryl methyl sites for hydroxylation is 1. The minimum Gasteiger partial charge on any atom is -0.297 e. The van der Waals surface area contributed by atoms with E-state index in [-0.39, 0.29) is 21.7 Å². The first-order chi connectivity index (χ1) is 13.5. The number of ketones is 1. The van der Waals surface area contributed by atoms with Crippen molar-refractivity contribution in [2.24, 2.45) is 7.05 Å². The number of aromatic amines is 1. The molecule has 0 spiro atoms. The van der Waals surface area contributed by atoms with Crippen LogP contribution in [0.1, 0.15) is 22.0 Å². The highest BCUT2D eigenvalue weighted by Gasteiger charge is 2.29. The Hall–Kier alpha value is -3.26. The third-order valence-corrected chi connectivity index (χ3v) is 5.15. The molecule has 7 nitrogen and oxygen atoms in total. The molecule has 0 aliphatic heterocycles. The Kier molecular flexibility index (Phi) is 4.56. The van der Waals surface area contributed by atoms with E-state index in [9.17, 15) is 14.4 Å². The van der Waals surface area contributed by atoms with Crippen LogP contribution < -0.4 is 11.2 Å². The van der Waals surface area contributed by atoms with E-state index in [1.807, 2.05) is 36.4 Å². The highest BCUT2D eigenvalue weighted by Crippen LogP contribution is 2.29.